The van der Waals surface area contributed by atoms with Crippen LogP contribution in [0.2, 0.25) is 5.02 Å². The van der Waals surface area contributed by atoms with Crippen molar-refractivity contribution in [3.63, 3.8) is 0 Å². The fourth-order valence-electron chi connectivity index (χ4n) is 3.86. The molecule has 0 aliphatic carbocycles. The molecule has 2 aromatic carbocycles. The monoisotopic (exact) mass is 452 g/mol. The fourth-order valence-corrected chi connectivity index (χ4v) is 4.05. The number of nitrogens with one attached hydrogen (secondary N) is 3. The lowest BCUT2D eigenvalue weighted by atomic mass is 10.2. The predicted molar refractivity (Wildman–Crippen MR) is 125 cm³/mol. The molecule has 5 rings (SSSR count). The van der Waals surface area contributed by atoms with Crippen LogP contribution < -0.4 is 16.1 Å². The number of hydrogen-bond acceptors (Lipinski definition) is 5. The van der Waals surface area contributed by atoms with Crippen LogP contribution in [-0.2, 0) is 4.74 Å². The Morgan fingerprint density at radius 2 is 1.84 bits per heavy atom. The third kappa shape index (κ3) is 3.76. The van der Waals surface area contributed by atoms with E-state index < -0.39 is 0 Å². The molecule has 3 N–H and O–H groups in total. The van der Waals surface area contributed by atoms with Gasteiger partial charge in [-0.05, 0) is 37.3 Å². The van der Waals surface area contributed by atoms with Crippen molar-refractivity contribution in [1.29, 1.82) is 0 Å². The molecule has 0 unspecified atom stereocenters. The maximum atomic E-state index is 13.0. The largest absolute Gasteiger partial charge is 0.378 e. The predicted octanol–water partition coefficient (Wildman–Crippen LogP) is 2.88. The van der Waals surface area contributed by atoms with Gasteiger partial charge in [0.05, 0.1) is 46.9 Å². The Morgan fingerprint density at radius 3 is 2.59 bits per heavy atom. The van der Waals surface area contributed by atoms with Crippen LogP contribution in [0.4, 0.5) is 11.4 Å². The highest BCUT2D eigenvalue weighted by Gasteiger charge is 2.17. The molecule has 1 aliphatic heterocycles. The molecular formula is C22H21ClN6O3. The summed E-state index contributed by atoms with van der Waals surface area (Å²) in [5, 5.41) is 3.62. The fraction of sp³-hybridized carbons (Fsp3) is 0.227. The van der Waals surface area contributed by atoms with Gasteiger partial charge >= 0.3 is 5.69 Å². The number of nitrogens with zero attached hydrogens (tertiary/aromatic N) is 3. The van der Waals surface area contributed by atoms with Gasteiger partial charge in [0.15, 0.2) is 0 Å². The number of aryl methyl sites for hydroxylation is 1. The third-order valence-electron chi connectivity index (χ3n) is 5.48. The normalized spacial score (nSPS) is 14.6. The van der Waals surface area contributed by atoms with E-state index in [0.29, 0.717) is 65.0 Å². The molecule has 164 valence electrons. The van der Waals surface area contributed by atoms with Crippen LogP contribution in [0.5, 0.6) is 0 Å². The summed E-state index contributed by atoms with van der Waals surface area (Å²) in [5.74, 6) is 0. The number of H-pyrrole nitrogens is 3. The standard InChI is InChI=1S/C22H21ClN6O3/c1-13-16(21(30)29(27-13)15-4-2-3-14(23)9-15)12-24-19-10-17-18(26-22(31)25-17)11-20(19)28-5-7-32-8-6-28/h2-4,9-12,27H,5-8H2,1H3,(H2,25,26,31). The van der Waals surface area contributed by atoms with Gasteiger partial charge in [-0.25, -0.2) is 9.48 Å². The lowest BCUT2D eigenvalue weighted by Gasteiger charge is -2.29. The smallest absolute Gasteiger partial charge is 0.323 e. The van der Waals surface area contributed by atoms with Crippen molar-refractivity contribution in [3.8, 4) is 5.69 Å². The summed E-state index contributed by atoms with van der Waals surface area (Å²) in [7, 11) is 0. The SMILES string of the molecule is Cc1[nH]n(-c2cccc(Cl)c2)c(=O)c1C=Nc1cc2[nH]c(=O)[nH]c2cc1N1CCOCC1. The van der Waals surface area contributed by atoms with Crippen LogP contribution in [0, 0.1) is 6.92 Å². The molecule has 3 heterocycles. The van der Waals surface area contributed by atoms with E-state index >= 15 is 0 Å². The summed E-state index contributed by atoms with van der Waals surface area (Å²) in [6.45, 7) is 4.48. The van der Waals surface area contributed by atoms with Crippen LogP contribution in [-0.4, -0.2) is 52.3 Å². The summed E-state index contributed by atoms with van der Waals surface area (Å²) >= 11 is 6.08. The maximum absolute atomic E-state index is 13.0. The Labute approximate surface area is 187 Å². The average molecular weight is 453 g/mol. The number of ether oxygens (including phenoxy) is 1. The van der Waals surface area contributed by atoms with Crippen LogP contribution in [0.3, 0.4) is 0 Å². The van der Waals surface area contributed by atoms with Gasteiger partial charge in [-0.2, -0.15) is 0 Å². The molecule has 0 atom stereocenters. The van der Waals surface area contributed by atoms with Crippen LogP contribution >= 0.6 is 11.6 Å². The van der Waals surface area contributed by atoms with E-state index in [0.717, 1.165) is 5.69 Å². The molecule has 0 radical (unpaired) electrons. The van der Waals surface area contributed by atoms with Gasteiger partial charge in [0.2, 0.25) is 0 Å². The van der Waals surface area contributed by atoms with E-state index in [2.05, 4.69) is 25.0 Å². The first-order valence-corrected chi connectivity index (χ1v) is 10.6. The highest BCUT2D eigenvalue weighted by molar-refractivity contribution is 6.30. The number of halogens is 1. The Hall–Kier alpha value is -3.56. The van der Waals surface area contributed by atoms with Crippen molar-refractivity contribution in [3.05, 3.63) is 73.5 Å². The summed E-state index contributed by atoms with van der Waals surface area (Å²) in [6.07, 6.45) is 1.56. The van der Waals surface area contributed by atoms with Crippen LogP contribution in [0.15, 0.2) is 51.0 Å². The second kappa shape index (κ2) is 8.18. The van der Waals surface area contributed by atoms with Gasteiger partial charge in [-0.1, -0.05) is 17.7 Å². The zero-order valence-corrected chi connectivity index (χ0v) is 18.1. The quantitative estimate of drug-likeness (QED) is 0.413. The van der Waals surface area contributed by atoms with Gasteiger partial charge in [-0.15, -0.1) is 0 Å². The number of aromatic amines is 3. The molecule has 1 aliphatic rings. The lowest BCUT2D eigenvalue weighted by Crippen LogP contribution is -2.36. The number of rotatable bonds is 4. The highest BCUT2D eigenvalue weighted by atomic mass is 35.5. The van der Waals surface area contributed by atoms with E-state index in [1.165, 1.54) is 4.68 Å². The first-order valence-electron chi connectivity index (χ1n) is 10.2. The Balaban J connectivity index is 1.57. The Bertz CT molecular complexity index is 1440. The van der Waals surface area contributed by atoms with Crippen molar-refractivity contribution in [2.45, 2.75) is 6.92 Å². The topological polar surface area (TPSA) is 111 Å². The number of aromatic nitrogens is 4. The molecule has 0 saturated carbocycles. The van der Waals surface area contributed by atoms with E-state index in [9.17, 15) is 9.59 Å². The molecule has 0 amide bonds. The zero-order valence-electron chi connectivity index (χ0n) is 17.3. The molecule has 4 aromatic rings. The molecule has 9 nitrogen and oxygen atoms in total. The number of morpholine rings is 1. The van der Waals surface area contributed by atoms with E-state index in [1.54, 1.807) is 30.5 Å². The van der Waals surface area contributed by atoms with Crippen molar-refractivity contribution in [2.75, 3.05) is 31.2 Å². The molecule has 32 heavy (non-hydrogen) atoms. The summed E-state index contributed by atoms with van der Waals surface area (Å²) < 4.78 is 6.91. The first-order chi connectivity index (χ1) is 15.5. The van der Waals surface area contributed by atoms with Gasteiger partial charge in [-0.3, -0.25) is 14.9 Å². The summed E-state index contributed by atoms with van der Waals surface area (Å²) in [4.78, 5) is 37.2. The Kier molecular flexibility index (Phi) is 5.20. The number of fused-ring (bicyclic) bond motifs is 1. The molecular weight excluding hydrogens is 432 g/mol. The molecule has 2 aromatic heterocycles. The van der Waals surface area contributed by atoms with E-state index in [1.807, 2.05) is 19.1 Å². The van der Waals surface area contributed by atoms with E-state index in [-0.39, 0.29) is 11.2 Å². The average Bonchev–Trinajstić information content (AvgIpc) is 3.29. The number of imidazole rings is 1. The maximum Gasteiger partial charge on any atom is 0.323 e. The number of benzene rings is 2. The molecule has 10 heteroatoms. The molecule has 1 saturated heterocycles. The minimum absolute atomic E-state index is 0.224. The molecule has 0 spiro atoms. The second-order valence-electron chi connectivity index (χ2n) is 7.59. The van der Waals surface area contributed by atoms with Crippen molar-refractivity contribution >= 4 is 40.2 Å². The third-order valence-corrected chi connectivity index (χ3v) is 5.71. The molecule has 1 fully saturated rings. The number of hydrogen-bond donors (Lipinski definition) is 3. The number of aliphatic imine (C=N–C) groups is 1. The first kappa shape index (κ1) is 20.3. The van der Waals surface area contributed by atoms with Gasteiger partial charge in [0.25, 0.3) is 5.56 Å². The summed E-state index contributed by atoms with van der Waals surface area (Å²) in [5.41, 5.74) is 4.16. The van der Waals surface area contributed by atoms with Gasteiger partial charge in [0.1, 0.15) is 0 Å². The lowest BCUT2D eigenvalue weighted by molar-refractivity contribution is 0.123. The van der Waals surface area contributed by atoms with Gasteiger partial charge < -0.3 is 19.6 Å². The minimum atomic E-state index is -0.278. The summed E-state index contributed by atoms with van der Waals surface area (Å²) in [6, 6.07) is 10.8. The second-order valence-corrected chi connectivity index (χ2v) is 8.03. The van der Waals surface area contributed by atoms with Crippen molar-refractivity contribution < 1.29 is 4.74 Å². The number of anilines is 1. The van der Waals surface area contributed by atoms with Crippen molar-refractivity contribution in [2.24, 2.45) is 4.99 Å². The van der Waals surface area contributed by atoms with Crippen LogP contribution in [0.25, 0.3) is 16.7 Å². The Morgan fingerprint density at radius 1 is 1.09 bits per heavy atom. The highest BCUT2D eigenvalue weighted by Crippen LogP contribution is 2.32. The van der Waals surface area contributed by atoms with Gasteiger partial charge in [0, 0.05) is 30.0 Å². The molecule has 0 bridgehead atoms. The zero-order chi connectivity index (χ0) is 22.2. The van der Waals surface area contributed by atoms with Crippen LogP contribution in [0.1, 0.15) is 11.3 Å². The minimum Gasteiger partial charge on any atom is -0.378 e. The van der Waals surface area contributed by atoms with E-state index in [4.69, 9.17) is 16.3 Å². The van der Waals surface area contributed by atoms with Crippen molar-refractivity contribution in [1.82, 2.24) is 19.7 Å².